The van der Waals surface area contributed by atoms with Crippen LogP contribution in [0, 0.1) is 12.8 Å². The summed E-state index contributed by atoms with van der Waals surface area (Å²) in [6.07, 6.45) is 5.27. The van der Waals surface area contributed by atoms with Gasteiger partial charge >= 0.3 is 0 Å². The molecule has 0 aromatic heterocycles. The highest BCUT2D eigenvalue weighted by atomic mass is 32.2. The molecule has 5 aromatic rings. The number of thioether (sulfide) groups is 1. The summed E-state index contributed by atoms with van der Waals surface area (Å²) >= 11 is 1.35. The number of unbranched alkanes of at least 4 members (excludes halogenated alkanes) is 1. The lowest BCUT2D eigenvalue weighted by Gasteiger charge is -2.25. The number of nitrogens with one attached hydrogen (secondary N) is 2. The van der Waals surface area contributed by atoms with E-state index in [0.29, 0.717) is 83.2 Å². The van der Waals surface area contributed by atoms with E-state index in [4.69, 9.17) is 14.2 Å². The number of hydrogen-bond donors (Lipinski definition) is 2. The molecule has 0 saturated carbocycles. The first-order valence-corrected chi connectivity index (χ1v) is 30.2. The van der Waals surface area contributed by atoms with Gasteiger partial charge in [-0.25, -0.2) is 0 Å². The maximum atomic E-state index is 14.3. The Morgan fingerprint density at radius 2 is 1.23 bits per heavy atom. The number of likely N-dealkylation sites (N-methyl/N-ethyl adjacent to an activating group) is 2. The summed E-state index contributed by atoms with van der Waals surface area (Å²) in [6, 6.07) is 28.0. The predicted molar refractivity (Wildman–Crippen MR) is 324 cm³/mol. The number of amides is 6. The van der Waals surface area contributed by atoms with Gasteiger partial charge in [0.15, 0.2) is 17.3 Å². The first-order valence-electron chi connectivity index (χ1n) is 28.9. The SMILES string of the molecule is COc1cc2c(cc1OCc1cc(COc3cc4c(cc3C)C(=O)N3c5ccccc5C[C@H]3CN4C)cc(NC(=O)[C@H](C)CC(=O)[C@H](C)NC(=O)CCCCC(=O)CCCN3C(=O)CC(SC)C3=O)c1)N(C)C[C@@H]1Cc3ccccc3N1C2=O. The van der Waals surface area contributed by atoms with Gasteiger partial charge in [-0.05, 0) is 122 Å². The van der Waals surface area contributed by atoms with Gasteiger partial charge in [-0.1, -0.05) is 43.3 Å². The van der Waals surface area contributed by atoms with Gasteiger partial charge in [0.25, 0.3) is 11.8 Å². The fourth-order valence-electron chi connectivity index (χ4n) is 12.3. The number of anilines is 5. The van der Waals surface area contributed by atoms with Crippen LogP contribution in [0.3, 0.4) is 0 Å². The standard InChI is InChI=1S/C65H73N7O11S/c1-38-23-49-53(68(4)34-46-28-43-15-8-11-19-51(43)71(46)63(49)78)31-56(38)82-36-41-25-42(37-83-58-32-54-50(30-57(58)81-6)64(79)72-47(35-69(54)5)29-44-16-9-12-20-52(44)72)27-45(26-41)67-62(77)39(2)24-55(74)40(3)66-60(75)21-13-10-17-48(73)18-14-22-70-61(76)33-59(84-7)65(70)80/h8-9,11-12,15-16,19-20,23,25-27,30-32,39-40,46-47,59H,10,13-14,17-18,21-22,24,28-29,33-37H2,1-7H3,(H,66,75)(H,67,77)/t39-,40+,46+,47+,59?/m1/s1. The first-order chi connectivity index (χ1) is 40.4. The van der Waals surface area contributed by atoms with Crippen molar-refractivity contribution in [3.8, 4) is 17.2 Å². The van der Waals surface area contributed by atoms with Crippen molar-refractivity contribution in [3.05, 3.63) is 130 Å². The number of para-hydroxylation sites is 2. The Hall–Kier alpha value is -8.19. The fourth-order valence-corrected chi connectivity index (χ4v) is 12.9. The monoisotopic (exact) mass is 1160 g/mol. The molecular weight excluding hydrogens is 1090 g/mol. The van der Waals surface area contributed by atoms with Crippen LogP contribution in [-0.4, -0.2) is 122 Å². The van der Waals surface area contributed by atoms with Crippen LogP contribution in [-0.2, 0) is 54.8 Å². The summed E-state index contributed by atoms with van der Waals surface area (Å²) in [5, 5.41) is 5.40. The summed E-state index contributed by atoms with van der Waals surface area (Å²) in [5.41, 5.74) is 9.29. The van der Waals surface area contributed by atoms with Gasteiger partial charge in [0.1, 0.15) is 24.7 Å². The van der Waals surface area contributed by atoms with Gasteiger partial charge in [-0.3, -0.25) is 43.3 Å². The molecule has 0 spiro atoms. The highest BCUT2D eigenvalue weighted by molar-refractivity contribution is 8.00. The minimum absolute atomic E-state index is 0.00552. The molecule has 0 radical (unpaired) electrons. The Balaban J connectivity index is 0.798. The zero-order chi connectivity index (χ0) is 59.5. The second-order valence-electron chi connectivity index (χ2n) is 22.9. The van der Waals surface area contributed by atoms with Crippen LogP contribution in [0.2, 0.25) is 0 Å². The molecule has 1 saturated heterocycles. The average molecular weight is 1160 g/mol. The lowest BCUT2D eigenvalue weighted by Crippen LogP contribution is -2.41. The second-order valence-corrected chi connectivity index (χ2v) is 23.9. The minimum atomic E-state index is -0.861. The van der Waals surface area contributed by atoms with E-state index in [9.17, 15) is 38.4 Å². The van der Waals surface area contributed by atoms with Crippen LogP contribution in [0.5, 0.6) is 17.2 Å². The third-order valence-electron chi connectivity index (χ3n) is 16.8. The van der Waals surface area contributed by atoms with Gasteiger partial charge in [0, 0.05) is 101 Å². The molecule has 0 aliphatic carbocycles. The Morgan fingerprint density at radius 3 is 1.82 bits per heavy atom. The summed E-state index contributed by atoms with van der Waals surface area (Å²) in [6.45, 7) is 6.73. The van der Waals surface area contributed by atoms with E-state index in [0.717, 1.165) is 46.6 Å². The molecule has 5 heterocycles. The summed E-state index contributed by atoms with van der Waals surface area (Å²) in [5.74, 6) is -1.06. The minimum Gasteiger partial charge on any atom is -0.493 e. The van der Waals surface area contributed by atoms with Crippen molar-refractivity contribution in [1.29, 1.82) is 0 Å². The zero-order valence-corrected chi connectivity index (χ0v) is 49.6. The highest BCUT2D eigenvalue weighted by Gasteiger charge is 2.42. The van der Waals surface area contributed by atoms with Crippen molar-refractivity contribution in [1.82, 2.24) is 10.2 Å². The largest absolute Gasteiger partial charge is 0.493 e. The van der Waals surface area contributed by atoms with Crippen molar-refractivity contribution < 1.29 is 52.6 Å². The molecule has 19 heteroatoms. The number of carbonyl (C=O) groups excluding carboxylic acids is 8. The van der Waals surface area contributed by atoms with Crippen LogP contribution < -0.4 is 44.4 Å². The Bertz CT molecular complexity index is 3440. The van der Waals surface area contributed by atoms with E-state index < -0.39 is 17.9 Å². The van der Waals surface area contributed by atoms with E-state index >= 15 is 0 Å². The van der Waals surface area contributed by atoms with Gasteiger partial charge in [-0.2, -0.15) is 11.8 Å². The smallest absolute Gasteiger partial charge is 0.260 e. The summed E-state index contributed by atoms with van der Waals surface area (Å²) < 4.78 is 19.0. The number of benzene rings is 5. The molecule has 2 N–H and O–H groups in total. The van der Waals surface area contributed by atoms with Crippen LogP contribution >= 0.6 is 11.8 Å². The number of fused-ring (bicyclic) bond motifs is 8. The van der Waals surface area contributed by atoms with Gasteiger partial charge in [0.2, 0.25) is 23.6 Å². The van der Waals surface area contributed by atoms with E-state index in [1.807, 2.05) is 91.5 Å². The summed E-state index contributed by atoms with van der Waals surface area (Å²) in [7, 11) is 5.49. The average Bonchev–Trinajstić information content (AvgIpc) is 3.48. The molecule has 5 aliphatic heterocycles. The molecule has 5 aromatic carbocycles. The van der Waals surface area contributed by atoms with Gasteiger partial charge in [-0.15, -0.1) is 0 Å². The number of ether oxygens (including phenoxy) is 3. The van der Waals surface area contributed by atoms with Crippen molar-refractivity contribution in [2.24, 2.45) is 5.92 Å². The number of methoxy groups -OCH3 is 1. The van der Waals surface area contributed by atoms with Crippen molar-refractivity contribution in [2.75, 3.05) is 72.0 Å². The molecule has 84 heavy (non-hydrogen) atoms. The molecule has 0 bridgehead atoms. The topological polar surface area (TPSA) is 205 Å². The highest BCUT2D eigenvalue weighted by Crippen LogP contribution is 2.43. The summed E-state index contributed by atoms with van der Waals surface area (Å²) in [4.78, 5) is 115. The molecule has 1 fully saturated rings. The maximum absolute atomic E-state index is 14.3. The zero-order valence-electron chi connectivity index (χ0n) is 48.8. The molecular formula is C65H73N7O11S. The Morgan fingerprint density at radius 1 is 0.667 bits per heavy atom. The van der Waals surface area contributed by atoms with E-state index in [1.54, 1.807) is 38.3 Å². The first kappa shape index (κ1) is 59.0. The number of ketones is 2. The lowest BCUT2D eigenvalue weighted by molar-refractivity contribution is -0.138. The third kappa shape index (κ3) is 12.5. The van der Waals surface area contributed by atoms with Crippen LogP contribution in [0.4, 0.5) is 28.4 Å². The van der Waals surface area contributed by atoms with Gasteiger partial charge < -0.3 is 44.4 Å². The van der Waals surface area contributed by atoms with Crippen molar-refractivity contribution >= 4 is 87.2 Å². The molecule has 5 atom stereocenters. The maximum Gasteiger partial charge on any atom is 0.260 e. The van der Waals surface area contributed by atoms with Crippen molar-refractivity contribution in [2.45, 2.75) is 122 Å². The van der Waals surface area contributed by atoms with Gasteiger partial charge in [0.05, 0.1) is 53.0 Å². The Labute approximate surface area is 494 Å². The molecule has 6 amide bonds. The number of imide groups is 1. The number of carbonyl (C=O) groups is 8. The van der Waals surface area contributed by atoms with E-state index in [-0.39, 0.29) is 110 Å². The Kier molecular flexibility index (Phi) is 17.8. The second kappa shape index (κ2) is 25.3. The fraction of sp³-hybridized carbons (Fsp3) is 0.415. The number of hydrogen-bond acceptors (Lipinski definition) is 14. The number of rotatable bonds is 23. The number of nitrogens with zero attached hydrogens (tertiary/aromatic N) is 5. The number of aryl methyl sites for hydroxylation is 1. The number of Topliss-reactive ketones (excluding diaryl/α,β-unsaturated/α-hetero) is 2. The van der Waals surface area contributed by atoms with E-state index in [2.05, 4.69) is 32.6 Å². The molecule has 1 unspecified atom stereocenters. The van der Waals surface area contributed by atoms with Crippen LogP contribution in [0.15, 0.2) is 91.0 Å². The predicted octanol–water partition coefficient (Wildman–Crippen LogP) is 8.64. The van der Waals surface area contributed by atoms with E-state index in [1.165, 1.54) is 23.8 Å². The lowest BCUT2D eigenvalue weighted by atomic mass is 9.99. The molecule has 18 nitrogen and oxygen atoms in total. The van der Waals surface area contributed by atoms with Crippen LogP contribution in [0.25, 0.3) is 0 Å². The van der Waals surface area contributed by atoms with Crippen LogP contribution in [0.1, 0.15) is 114 Å². The molecule has 10 rings (SSSR count). The van der Waals surface area contributed by atoms with Crippen molar-refractivity contribution in [3.63, 3.8) is 0 Å². The molecule has 440 valence electrons. The quantitative estimate of drug-likeness (QED) is 0.0464. The molecule has 5 aliphatic rings. The third-order valence-corrected chi connectivity index (χ3v) is 17.7. The normalized spacial score (nSPS) is 18.4. The number of likely N-dealkylation sites (tertiary alicyclic amines) is 1.